The Hall–Kier alpha value is -0.410. The van der Waals surface area contributed by atoms with Crippen molar-refractivity contribution in [3.8, 4) is 0 Å². The van der Waals surface area contributed by atoms with Crippen LogP contribution >= 0.6 is 0 Å². The average Bonchev–Trinajstić information content (AvgIpc) is 2.92. The van der Waals surface area contributed by atoms with Gasteiger partial charge in [0, 0.05) is 7.11 Å². The lowest BCUT2D eigenvalue weighted by Crippen LogP contribution is -2.59. The summed E-state index contributed by atoms with van der Waals surface area (Å²) in [5.41, 5.74) is 0.0911. The summed E-state index contributed by atoms with van der Waals surface area (Å²) in [6.45, 7) is 4.98. The Morgan fingerprint density at radius 2 is 1.96 bits per heavy atom. The highest BCUT2D eigenvalue weighted by atomic mass is 19.1. The first-order valence-electron chi connectivity index (χ1n) is 10.4. The topological polar surface area (TPSA) is 29.5 Å². The van der Waals surface area contributed by atoms with Gasteiger partial charge in [0.1, 0.15) is 5.67 Å². The van der Waals surface area contributed by atoms with Crippen LogP contribution in [0.1, 0.15) is 71.6 Å². The second kappa shape index (κ2) is 6.05. The van der Waals surface area contributed by atoms with Gasteiger partial charge in [0.15, 0.2) is 0 Å². The number of allylic oxidation sites excluding steroid dienone is 2. The van der Waals surface area contributed by atoms with Crippen molar-refractivity contribution < 1.29 is 14.2 Å². The average molecular weight is 351 g/mol. The molecule has 4 aliphatic carbocycles. The van der Waals surface area contributed by atoms with E-state index in [9.17, 15) is 5.11 Å². The van der Waals surface area contributed by atoms with Crippen LogP contribution in [0.15, 0.2) is 11.6 Å². The summed E-state index contributed by atoms with van der Waals surface area (Å²) in [6, 6.07) is 0. The molecule has 0 aromatic rings. The first-order valence-corrected chi connectivity index (χ1v) is 10.4. The van der Waals surface area contributed by atoms with E-state index in [1.165, 1.54) is 12.8 Å². The maximum atomic E-state index is 16.3. The monoisotopic (exact) mass is 350 g/mol. The zero-order valence-corrected chi connectivity index (χ0v) is 16.2. The van der Waals surface area contributed by atoms with Gasteiger partial charge < -0.3 is 9.84 Å². The molecule has 0 heterocycles. The molecule has 0 aromatic carbocycles. The Balaban J connectivity index is 1.58. The second-order valence-corrected chi connectivity index (χ2v) is 9.75. The molecule has 0 aromatic heterocycles. The van der Waals surface area contributed by atoms with Crippen molar-refractivity contribution in [2.75, 3.05) is 13.7 Å². The van der Waals surface area contributed by atoms with Crippen LogP contribution in [0.2, 0.25) is 0 Å². The van der Waals surface area contributed by atoms with Crippen molar-refractivity contribution in [1.29, 1.82) is 0 Å². The lowest BCUT2D eigenvalue weighted by molar-refractivity contribution is -0.173. The fourth-order valence-electron chi connectivity index (χ4n) is 7.59. The molecule has 0 aliphatic heterocycles. The third-order valence-electron chi connectivity index (χ3n) is 8.79. The highest BCUT2D eigenvalue weighted by molar-refractivity contribution is 5.24. The van der Waals surface area contributed by atoms with E-state index in [4.69, 9.17) is 4.74 Å². The molecule has 7 atom stereocenters. The van der Waals surface area contributed by atoms with Crippen molar-refractivity contribution in [3.63, 3.8) is 0 Å². The molecule has 0 radical (unpaired) electrons. The van der Waals surface area contributed by atoms with E-state index in [-0.39, 0.29) is 11.8 Å². The first kappa shape index (κ1) is 18.0. The van der Waals surface area contributed by atoms with Crippen LogP contribution in [0.5, 0.6) is 0 Å². The van der Waals surface area contributed by atoms with Gasteiger partial charge in [0.25, 0.3) is 0 Å². The predicted octanol–water partition coefficient (Wildman–Crippen LogP) is 5.05. The van der Waals surface area contributed by atoms with Crippen molar-refractivity contribution in [3.05, 3.63) is 11.6 Å². The smallest absolute Gasteiger partial charge is 0.117 e. The number of rotatable bonds is 2. The van der Waals surface area contributed by atoms with E-state index in [0.717, 1.165) is 25.7 Å². The number of fused-ring (bicyclic) bond motifs is 5. The summed E-state index contributed by atoms with van der Waals surface area (Å²) < 4.78 is 21.6. The van der Waals surface area contributed by atoms with Crippen LogP contribution in [0, 0.1) is 29.1 Å². The number of aliphatic hydroxyl groups is 1. The van der Waals surface area contributed by atoms with Gasteiger partial charge in [0.2, 0.25) is 0 Å². The molecule has 0 spiro atoms. The Morgan fingerprint density at radius 3 is 2.68 bits per heavy atom. The van der Waals surface area contributed by atoms with Gasteiger partial charge in [0.05, 0.1) is 12.2 Å². The maximum Gasteiger partial charge on any atom is 0.117 e. The summed E-state index contributed by atoms with van der Waals surface area (Å²) in [5, 5.41) is 10.8. The number of hydrogen-bond donors (Lipinski definition) is 1. The highest BCUT2D eigenvalue weighted by Gasteiger charge is 2.62. The van der Waals surface area contributed by atoms with Gasteiger partial charge in [-0.2, -0.15) is 0 Å². The summed E-state index contributed by atoms with van der Waals surface area (Å²) in [6.07, 6.45) is 10.8. The standard InChI is InChI=1S/C22H35FO2/c1-4-15-6-8-18-17-7-5-16-13-21(24,14-25-3)11-12-22(16,23)19(17)9-10-20(15,18)2/h4,16-19,24H,5-14H2,1-3H3/b15-4-/t16-,17+,18?,19?,20-,21-,22-/m1/s1. The van der Waals surface area contributed by atoms with Gasteiger partial charge in [-0.15, -0.1) is 0 Å². The van der Waals surface area contributed by atoms with E-state index >= 15 is 4.39 Å². The lowest BCUT2D eigenvalue weighted by atomic mass is 9.48. The lowest BCUT2D eigenvalue weighted by Gasteiger charge is -2.59. The summed E-state index contributed by atoms with van der Waals surface area (Å²) in [7, 11) is 1.63. The summed E-state index contributed by atoms with van der Waals surface area (Å²) in [4.78, 5) is 0. The minimum absolute atomic E-state index is 0.0228. The third kappa shape index (κ3) is 2.56. The van der Waals surface area contributed by atoms with Gasteiger partial charge >= 0.3 is 0 Å². The molecular formula is C22H35FO2. The van der Waals surface area contributed by atoms with Crippen LogP contribution in [-0.2, 0) is 4.74 Å². The van der Waals surface area contributed by atoms with Crippen LogP contribution in [0.4, 0.5) is 4.39 Å². The van der Waals surface area contributed by atoms with Crippen molar-refractivity contribution in [2.24, 2.45) is 29.1 Å². The zero-order chi connectivity index (χ0) is 17.9. The molecule has 4 saturated carbocycles. The minimum atomic E-state index is -1.05. The van der Waals surface area contributed by atoms with Crippen LogP contribution in [0.3, 0.4) is 0 Å². The Morgan fingerprint density at radius 1 is 1.16 bits per heavy atom. The highest BCUT2D eigenvalue weighted by Crippen LogP contribution is 2.66. The second-order valence-electron chi connectivity index (χ2n) is 9.75. The minimum Gasteiger partial charge on any atom is -0.387 e. The predicted molar refractivity (Wildman–Crippen MR) is 98.0 cm³/mol. The molecule has 2 unspecified atom stereocenters. The molecule has 0 saturated heterocycles. The van der Waals surface area contributed by atoms with E-state index in [2.05, 4.69) is 19.9 Å². The number of methoxy groups -OCH3 is 1. The van der Waals surface area contributed by atoms with E-state index in [0.29, 0.717) is 43.1 Å². The Kier molecular flexibility index (Phi) is 4.35. The van der Waals surface area contributed by atoms with E-state index in [1.54, 1.807) is 12.7 Å². The Bertz CT molecular complexity index is 560. The zero-order valence-electron chi connectivity index (χ0n) is 16.2. The van der Waals surface area contributed by atoms with Gasteiger partial charge in [-0.1, -0.05) is 18.6 Å². The molecule has 25 heavy (non-hydrogen) atoms. The fraction of sp³-hybridized carbons (Fsp3) is 0.909. The molecule has 3 heteroatoms. The third-order valence-corrected chi connectivity index (χ3v) is 8.79. The van der Waals surface area contributed by atoms with E-state index < -0.39 is 11.3 Å². The summed E-state index contributed by atoms with van der Waals surface area (Å²) in [5.74, 6) is 1.46. The SMILES string of the molecule is C/C=C1/CCC2[C@@H]3CC[C@@H]4C[C@@](O)(COC)CC[C@]4(F)C3CC[C@]12C. The molecule has 0 amide bonds. The number of ether oxygens (including phenoxy) is 1. The Labute approximate surface area is 152 Å². The molecule has 142 valence electrons. The number of hydrogen-bond acceptors (Lipinski definition) is 2. The van der Waals surface area contributed by atoms with Crippen molar-refractivity contribution in [2.45, 2.75) is 82.9 Å². The molecule has 2 nitrogen and oxygen atoms in total. The van der Waals surface area contributed by atoms with Gasteiger partial charge in [-0.25, -0.2) is 4.39 Å². The molecular weight excluding hydrogens is 315 g/mol. The maximum absolute atomic E-state index is 16.3. The molecule has 4 aliphatic rings. The normalized spacial score (nSPS) is 54.0. The first-order chi connectivity index (χ1) is 11.9. The molecule has 4 rings (SSSR count). The van der Waals surface area contributed by atoms with E-state index in [1.807, 2.05) is 0 Å². The van der Waals surface area contributed by atoms with Crippen LogP contribution in [-0.4, -0.2) is 30.1 Å². The fourth-order valence-corrected chi connectivity index (χ4v) is 7.59. The number of alkyl halides is 1. The number of halogens is 1. The van der Waals surface area contributed by atoms with Crippen molar-refractivity contribution in [1.82, 2.24) is 0 Å². The summed E-state index contributed by atoms with van der Waals surface area (Å²) >= 11 is 0. The largest absolute Gasteiger partial charge is 0.387 e. The van der Waals surface area contributed by atoms with Gasteiger partial charge in [-0.05, 0) is 93.8 Å². The van der Waals surface area contributed by atoms with Crippen molar-refractivity contribution >= 4 is 0 Å². The van der Waals surface area contributed by atoms with Gasteiger partial charge in [-0.3, -0.25) is 0 Å². The van der Waals surface area contributed by atoms with Crippen LogP contribution < -0.4 is 0 Å². The molecule has 1 N–H and O–H groups in total. The molecule has 0 bridgehead atoms. The molecule has 4 fully saturated rings. The quantitative estimate of drug-likeness (QED) is 0.706. The van der Waals surface area contributed by atoms with Crippen LogP contribution in [0.25, 0.3) is 0 Å².